The van der Waals surface area contributed by atoms with E-state index >= 15 is 0 Å². The highest BCUT2D eigenvalue weighted by molar-refractivity contribution is 6.17. The van der Waals surface area contributed by atoms with Gasteiger partial charge in [-0.2, -0.15) is 13.2 Å². The minimum Gasteiger partial charge on any atom is -0.325 e. The maximum Gasteiger partial charge on any atom is 0.433 e. The van der Waals surface area contributed by atoms with Crippen molar-refractivity contribution in [3.8, 4) is 0 Å². The van der Waals surface area contributed by atoms with E-state index < -0.39 is 11.9 Å². The molecule has 0 atom stereocenters. The lowest BCUT2D eigenvalue weighted by molar-refractivity contribution is -0.141. The van der Waals surface area contributed by atoms with Crippen molar-refractivity contribution in [2.24, 2.45) is 0 Å². The average molecular weight is 281 g/mol. The fourth-order valence-electron chi connectivity index (χ4n) is 1.24. The summed E-state index contributed by atoms with van der Waals surface area (Å²) in [4.78, 5) is 14.6. The number of carbonyl (C=O) groups is 1. The van der Waals surface area contributed by atoms with Crippen LogP contribution in [0.1, 0.15) is 25.0 Å². The highest BCUT2D eigenvalue weighted by Crippen LogP contribution is 2.27. The zero-order valence-corrected chi connectivity index (χ0v) is 10.2. The van der Waals surface area contributed by atoms with Gasteiger partial charge in [0, 0.05) is 12.3 Å². The summed E-state index contributed by atoms with van der Waals surface area (Å²) >= 11 is 5.46. The first-order chi connectivity index (χ1) is 8.43. The minimum atomic E-state index is -4.47. The van der Waals surface area contributed by atoms with E-state index in [1.807, 2.05) is 0 Å². The lowest BCUT2D eigenvalue weighted by Crippen LogP contribution is -2.13. The van der Waals surface area contributed by atoms with Crippen molar-refractivity contribution in [1.29, 1.82) is 0 Å². The zero-order valence-electron chi connectivity index (χ0n) is 9.43. The van der Waals surface area contributed by atoms with Crippen LogP contribution in [0.25, 0.3) is 0 Å². The Morgan fingerprint density at radius 3 is 2.56 bits per heavy atom. The Morgan fingerprint density at radius 2 is 2.06 bits per heavy atom. The number of aromatic nitrogens is 1. The molecule has 0 aliphatic heterocycles. The van der Waals surface area contributed by atoms with Crippen LogP contribution in [0.5, 0.6) is 0 Å². The second-order valence-corrected chi connectivity index (χ2v) is 4.00. The number of hydrogen-bond acceptors (Lipinski definition) is 2. The van der Waals surface area contributed by atoms with Crippen LogP contribution in [-0.4, -0.2) is 16.8 Å². The van der Waals surface area contributed by atoms with Gasteiger partial charge in [0.05, 0.1) is 11.9 Å². The Kier molecular flexibility index (Phi) is 5.40. The molecule has 1 N–H and O–H groups in total. The predicted octanol–water partition coefficient (Wildman–Crippen LogP) is 3.45. The summed E-state index contributed by atoms with van der Waals surface area (Å²) in [6.45, 7) is 0. The van der Waals surface area contributed by atoms with Crippen molar-refractivity contribution in [3.63, 3.8) is 0 Å². The van der Waals surface area contributed by atoms with Crippen LogP contribution >= 0.6 is 11.6 Å². The number of anilines is 1. The summed E-state index contributed by atoms with van der Waals surface area (Å²) in [5.74, 6) is 0.219. The van der Waals surface area contributed by atoms with Gasteiger partial charge >= 0.3 is 6.18 Å². The molecule has 0 aliphatic rings. The smallest absolute Gasteiger partial charge is 0.325 e. The third-order valence-electron chi connectivity index (χ3n) is 2.13. The van der Waals surface area contributed by atoms with Gasteiger partial charge in [-0.25, -0.2) is 4.98 Å². The lowest BCUT2D eigenvalue weighted by atomic mass is 10.2. The van der Waals surface area contributed by atoms with E-state index in [1.54, 1.807) is 0 Å². The van der Waals surface area contributed by atoms with Crippen LogP contribution in [0.3, 0.4) is 0 Å². The number of halogens is 4. The van der Waals surface area contributed by atoms with E-state index in [0.29, 0.717) is 12.3 Å². The predicted molar refractivity (Wildman–Crippen MR) is 62.4 cm³/mol. The number of alkyl halides is 4. The lowest BCUT2D eigenvalue weighted by Gasteiger charge is -2.07. The maximum absolute atomic E-state index is 12.2. The van der Waals surface area contributed by atoms with Crippen LogP contribution in [-0.2, 0) is 11.0 Å². The van der Waals surface area contributed by atoms with Crippen molar-refractivity contribution in [2.75, 3.05) is 11.2 Å². The second-order valence-electron chi connectivity index (χ2n) is 3.62. The van der Waals surface area contributed by atoms with Gasteiger partial charge < -0.3 is 5.32 Å². The van der Waals surface area contributed by atoms with Crippen LogP contribution in [0.15, 0.2) is 18.3 Å². The number of nitrogens with one attached hydrogen (secondary N) is 1. The van der Waals surface area contributed by atoms with Gasteiger partial charge in [0.2, 0.25) is 5.91 Å². The molecule has 1 rings (SSSR count). The minimum absolute atomic E-state index is 0.249. The molecule has 1 aromatic rings. The summed E-state index contributed by atoms with van der Waals surface area (Å²) in [6, 6.07) is 2.00. The van der Waals surface area contributed by atoms with Gasteiger partial charge in [-0.05, 0) is 25.0 Å². The monoisotopic (exact) mass is 280 g/mol. The number of nitrogens with zero attached hydrogens (tertiary/aromatic N) is 1. The van der Waals surface area contributed by atoms with E-state index in [4.69, 9.17) is 11.6 Å². The SMILES string of the molecule is O=C(CCCCCl)Nc1ccc(C(F)(F)F)nc1. The molecule has 0 spiro atoms. The number of rotatable bonds is 5. The van der Waals surface area contributed by atoms with Gasteiger partial charge in [0.15, 0.2) is 0 Å². The maximum atomic E-state index is 12.2. The van der Waals surface area contributed by atoms with E-state index in [2.05, 4.69) is 10.3 Å². The molecule has 0 aromatic carbocycles. The van der Waals surface area contributed by atoms with Crippen LogP contribution in [0.4, 0.5) is 18.9 Å². The second kappa shape index (κ2) is 6.58. The van der Waals surface area contributed by atoms with Crippen LogP contribution < -0.4 is 5.32 Å². The molecule has 1 amide bonds. The fourth-order valence-corrected chi connectivity index (χ4v) is 1.43. The molecule has 1 heterocycles. The Balaban J connectivity index is 2.51. The molecular formula is C11H12ClF3N2O. The van der Waals surface area contributed by atoms with Crippen LogP contribution in [0.2, 0.25) is 0 Å². The molecule has 3 nitrogen and oxygen atoms in total. The average Bonchev–Trinajstić information content (AvgIpc) is 2.29. The highest BCUT2D eigenvalue weighted by atomic mass is 35.5. The molecule has 0 saturated carbocycles. The summed E-state index contributed by atoms with van der Waals surface area (Å²) < 4.78 is 36.7. The Hall–Kier alpha value is -1.30. The molecule has 0 aliphatic carbocycles. The Labute approximate surface area is 107 Å². The number of amides is 1. The summed E-state index contributed by atoms with van der Waals surface area (Å²) in [5.41, 5.74) is -0.735. The molecule has 0 bridgehead atoms. The van der Waals surface area contributed by atoms with E-state index in [9.17, 15) is 18.0 Å². The summed E-state index contributed by atoms with van der Waals surface area (Å²) in [5, 5.41) is 2.47. The fraction of sp³-hybridized carbons (Fsp3) is 0.455. The number of unbranched alkanes of at least 4 members (excludes halogenated alkanes) is 1. The third kappa shape index (κ3) is 4.91. The van der Waals surface area contributed by atoms with E-state index in [1.165, 1.54) is 6.07 Å². The van der Waals surface area contributed by atoms with E-state index in [0.717, 1.165) is 18.7 Å². The number of hydrogen-bond donors (Lipinski definition) is 1. The van der Waals surface area contributed by atoms with Gasteiger partial charge in [0.25, 0.3) is 0 Å². The molecule has 0 radical (unpaired) electrons. The molecule has 18 heavy (non-hydrogen) atoms. The third-order valence-corrected chi connectivity index (χ3v) is 2.39. The van der Waals surface area contributed by atoms with Gasteiger partial charge in [-0.1, -0.05) is 0 Å². The normalized spacial score (nSPS) is 11.3. The quantitative estimate of drug-likeness (QED) is 0.663. The van der Waals surface area contributed by atoms with Crippen molar-refractivity contribution in [2.45, 2.75) is 25.4 Å². The van der Waals surface area contributed by atoms with Crippen molar-refractivity contribution in [1.82, 2.24) is 4.98 Å². The molecule has 1 aromatic heterocycles. The van der Waals surface area contributed by atoms with Crippen molar-refractivity contribution >= 4 is 23.2 Å². The number of carbonyl (C=O) groups excluding carboxylic acids is 1. The molecule has 100 valence electrons. The molecule has 0 unspecified atom stereocenters. The van der Waals surface area contributed by atoms with E-state index in [-0.39, 0.29) is 18.0 Å². The molecular weight excluding hydrogens is 269 g/mol. The summed E-state index contributed by atoms with van der Waals surface area (Å²) in [7, 11) is 0. The molecule has 0 fully saturated rings. The van der Waals surface area contributed by atoms with Gasteiger partial charge in [-0.3, -0.25) is 4.79 Å². The first-order valence-corrected chi connectivity index (χ1v) is 5.86. The molecule has 7 heteroatoms. The summed E-state index contributed by atoms with van der Waals surface area (Å²) in [6.07, 6.45) is -1.83. The topological polar surface area (TPSA) is 42.0 Å². The standard InChI is InChI=1S/C11H12ClF3N2O/c12-6-2-1-3-10(18)17-8-4-5-9(16-7-8)11(13,14)15/h4-5,7H,1-3,6H2,(H,17,18). The Bertz CT molecular complexity index is 392. The largest absolute Gasteiger partial charge is 0.433 e. The van der Waals surface area contributed by atoms with Crippen molar-refractivity contribution < 1.29 is 18.0 Å². The molecule has 0 saturated heterocycles. The van der Waals surface area contributed by atoms with Gasteiger partial charge in [-0.15, -0.1) is 11.6 Å². The van der Waals surface area contributed by atoms with Crippen LogP contribution in [0, 0.1) is 0 Å². The first-order valence-electron chi connectivity index (χ1n) is 5.32. The van der Waals surface area contributed by atoms with Gasteiger partial charge in [0.1, 0.15) is 5.69 Å². The number of pyridine rings is 1. The van der Waals surface area contributed by atoms with Crippen molar-refractivity contribution in [3.05, 3.63) is 24.0 Å². The Morgan fingerprint density at radius 1 is 1.33 bits per heavy atom. The highest BCUT2D eigenvalue weighted by Gasteiger charge is 2.32. The zero-order chi connectivity index (χ0) is 13.6. The first kappa shape index (κ1) is 14.8.